The number of nitrogens with one attached hydrogen (secondary N) is 1. The number of ether oxygens (including phenoxy) is 1. The Balaban J connectivity index is 1.94. The first-order valence-corrected chi connectivity index (χ1v) is 5.04. The van der Waals surface area contributed by atoms with Gasteiger partial charge in [-0.2, -0.15) is 0 Å². The summed E-state index contributed by atoms with van der Waals surface area (Å²) in [6, 6.07) is 6.94. The van der Waals surface area contributed by atoms with Crippen LogP contribution in [0.25, 0.3) is 0 Å². The zero-order valence-corrected chi connectivity index (χ0v) is 9.07. The van der Waals surface area contributed by atoms with E-state index in [2.05, 4.69) is 9.97 Å². The number of pyridine rings is 1. The zero-order chi connectivity index (χ0) is 11.4. The predicted octanol–water partition coefficient (Wildman–Crippen LogP) is 2.42. The van der Waals surface area contributed by atoms with Gasteiger partial charge in [0.1, 0.15) is 12.3 Å². The topological polar surface area (TPSA) is 55.0 Å². The molecule has 16 heavy (non-hydrogen) atoms. The van der Waals surface area contributed by atoms with Gasteiger partial charge in [-0.1, -0.05) is 17.7 Å². The van der Waals surface area contributed by atoms with Crippen LogP contribution < -0.4 is 0 Å². The average Bonchev–Trinajstić information content (AvgIpc) is 2.74. The third-order valence-electron chi connectivity index (χ3n) is 1.94. The Labute approximate surface area is 97.2 Å². The van der Waals surface area contributed by atoms with Crippen LogP contribution in [0.3, 0.4) is 0 Å². The summed E-state index contributed by atoms with van der Waals surface area (Å²) in [6.45, 7) is 0.149. The van der Waals surface area contributed by atoms with E-state index in [4.69, 9.17) is 16.3 Å². The second kappa shape index (κ2) is 4.81. The van der Waals surface area contributed by atoms with Crippen LogP contribution in [0.15, 0.2) is 36.7 Å². The van der Waals surface area contributed by atoms with Gasteiger partial charge in [-0.3, -0.25) is 4.98 Å². The molecule has 0 radical (unpaired) electrons. The van der Waals surface area contributed by atoms with Crippen LogP contribution in [0.4, 0.5) is 0 Å². The van der Waals surface area contributed by atoms with E-state index in [0.717, 1.165) is 0 Å². The number of aromatic amines is 1. The Morgan fingerprint density at radius 1 is 1.50 bits per heavy atom. The van der Waals surface area contributed by atoms with Gasteiger partial charge in [-0.25, -0.2) is 4.79 Å². The number of halogens is 1. The van der Waals surface area contributed by atoms with E-state index in [1.54, 1.807) is 18.3 Å². The van der Waals surface area contributed by atoms with E-state index in [9.17, 15) is 4.79 Å². The summed E-state index contributed by atoms with van der Waals surface area (Å²) in [7, 11) is 0. The Morgan fingerprint density at radius 3 is 3.00 bits per heavy atom. The van der Waals surface area contributed by atoms with Gasteiger partial charge >= 0.3 is 5.97 Å². The van der Waals surface area contributed by atoms with E-state index in [1.807, 2.05) is 6.07 Å². The lowest BCUT2D eigenvalue weighted by atomic mass is 10.4. The van der Waals surface area contributed by atoms with Crippen molar-refractivity contribution in [2.75, 3.05) is 0 Å². The Morgan fingerprint density at radius 2 is 2.38 bits per heavy atom. The van der Waals surface area contributed by atoms with E-state index in [0.29, 0.717) is 16.4 Å². The fourth-order valence-electron chi connectivity index (χ4n) is 1.19. The highest BCUT2D eigenvalue weighted by atomic mass is 35.5. The molecule has 2 aromatic heterocycles. The van der Waals surface area contributed by atoms with Crippen molar-refractivity contribution in [3.05, 3.63) is 53.1 Å². The summed E-state index contributed by atoms with van der Waals surface area (Å²) in [5, 5.41) is 0.477. The molecule has 0 bridgehead atoms. The highest BCUT2D eigenvalue weighted by Gasteiger charge is 2.09. The van der Waals surface area contributed by atoms with Gasteiger partial charge in [0.05, 0.1) is 10.7 Å². The largest absolute Gasteiger partial charge is 0.455 e. The lowest BCUT2D eigenvalue weighted by Gasteiger charge is -2.01. The van der Waals surface area contributed by atoms with Crippen molar-refractivity contribution < 1.29 is 9.53 Å². The quantitative estimate of drug-likeness (QED) is 0.833. The molecular weight excluding hydrogens is 228 g/mol. The van der Waals surface area contributed by atoms with Crippen LogP contribution in [0.2, 0.25) is 5.02 Å². The third kappa shape index (κ3) is 2.61. The number of hydrogen-bond acceptors (Lipinski definition) is 3. The Bertz CT molecular complexity index is 482. The van der Waals surface area contributed by atoms with Crippen molar-refractivity contribution >= 4 is 17.6 Å². The molecule has 0 saturated carbocycles. The van der Waals surface area contributed by atoms with E-state index < -0.39 is 5.97 Å². The molecule has 2 aromatic rings. The summed E-state index contributed by atoms with van der Waals surface area (Å²) in [5.74, 6) is -0.447. The van der Waals surface area contributed by atoms with Gasteiger partial charge in [0.25, 0.3) is 0 Å². The highest BCUT2D eigenvalue weighted by Crippen LogP contribution is 2.10. The second-order valence-electron chi connectivity index (χ2n) is 3.13. The van der Waals surface area contributed by atoms with Gasteiger partial charge in [0, 0.05) is 12.4 Å². The molecule has 0 aliphatic rings. The van der Waals surface area contributed by atoms with E-state index in [-0.39, 0.29) is 6.61 Å². The minimum absolute atomic E-state index is 0.149. The highest BCUT2D eigenvalue weighted by molar-refractivity contribution is 6.30. The van der Waals surface area contributed by atoms with Gasteiger partial charge in [0.2, 0.25) is 0 Å². The maximum absolute atomic E-state index is 11.5. The molecular formula is C11H9ClN2O2. The molecule has 82 valence electrons. The van der Waals surface area contributed by atoms with Gasteiger partial charge in [0.15, 0.2) is 0 Å². The smallest absolute Gasteiger partial charge is 0.355 e. The molecule has 0 spiro atoms. The molecule has 0 unspecified atom stereocenters. The van der Waals surface area contributed by atoms with Crippen molar-refractivity contribution in [2.45, 2.75) is 6.61 Å². The van der Waals surface area contributed by atoms with Crippen LogP contribution in [0.1, 0.15) is 16.2 Å². The first-order valence-electron chi connectivity index (χ1n) is 4.66. The first-order chi connectivity index (χ1) is 7.75. The van der Waals surface area contributed by atoms with Crippen LogP contribution in [-0.4, -0.2) is 15.9 Å². The molecule has 0 aromatic carbocycles. The van der Waals surface area contributed by atoms with Crippen LogP contribution in [0, 0.1) is 0 Å². The minimum Gasteiger partial charge on any atom is -0.455 e. The first kappa shape index (κ1) is 10.7. The van der Waals surface area contributed by atoms with Crippen molar-refractivity contribution in [2.24, 2.45) is 0 Å². The molecule has 2 rings (SSSR count). The number of aromatic nitrogens is 2. The van der Waals surface area contributed by atoms with Gasteiger partial charge in [-0.05, 0) is 18.2 Å². The standard InChI is InChI=1S/C11H9ClN2O2/c12-8-5-10(14-6-8)11(15)16-7-9-3-1-2-4-13-9/h1-6,14H,7H2. The third-order valence-corrected chi connectivity index (χ3v) is 2.16. The number of carbonyl (C=O) groups excluding carboxylic acids is 1. The van der Waals surface area contributed by atoms with E-state index >= 15 is 0 Å². The number of H-pyrrole nitrogens is 1. The summed E-state index contributed by atoms with van der Waals surface area (Å²) in [6.07, 6.45) is 3.17. The molecule has 2 heterocycles. The van der Waals surface area contributed by atoms with E-state index in [1.165, 1.54) is 12.3 Å². The van der Waals surface area contributed by atoms with Crippen LogP contribution in [0.5, 0.6) is 0 Å². The van der Waals surface area contributed by atoms with Gasteiger partial charge in [-0.15, -0.1) is 0 Å². The normalized spacial score (nSPS) is 10.1. The number of hydrogen-bond donors (Lipinski definition) is 1. The fraction of sp³-hybridized carbons (Fsp3) is 0.0909. The molecule has 0 atom stereocenters. The number of nitrogens with zero attached hydrogens (tertiary/aromatic N) is 1. The molecule has 0 fully saturated rings. The molecule has 0 aliphatic heterocycles. The van der Waals surface area contributed by atoms with Crippen molar-refractivity contribution in [1.29, 1.82) is 0 Å². The Hall–Kier alpha value is -1.81. The van der Waals surface area contributed by atoms with Crippen LogP contribution in [-0.2, 0) is 11.3 Å². The predicted molar refractivity (Wildman–Crippen MR) is 59.2 cm³/mol. The maximum Gasteiger partial charge on any atom is 0.355 e. The zero-order valence-electron chi connectivity index (χ0n) is 8.31. The van der Waals surface area contributed by atoms with Crippen molar-refractivity contribution in [3.8, 4) is 0 Å². The number of carbonyl (C=O) groups is 1. The second-order valence-corrected chi connectivity index (χ2v) is 3.57. The monoisotopic (exact) mass is 236 g/mol. The number of rotatable bonds is 3. The molecule has 0 amide bonds. The number of esters is 1. The fourth-order valence-corrected chi connectivity index (χ4v) is 1.35. The molecule has 1 N–H and O–H groups in total. The maximum atomic E-state index is 11.5. The summed E-state index contributed by atoms with van der Waals surface area (Å²) >= 11 is 5.67. The average molecular weight is 237 g/mol. The Kier molecular flexibility index (Phi) is 3.22. The summed E-state index contributed by atoms with van der Waals surface area (Å²) in [4.78, 5) is 18.2. The minimum atomic E-state index is -0.447. The molecule has 5 heteroatoms. The lowest BCUT2D eigenvalue weighted by molar-refractivity contribution is 0.0461. The summed E-state index contributed by atoms with van der Waals surface area (Å²) in [5.41, 5.74) is 1.04. The van der Waals surface area contributed by atoms with Gasteiger partial charge < -0.3 is 9.72 Å². The van der Waals surface area contributed by atoms with Crippen molar-refractivity contribution in [3.63, 3.8) is 0 Å². The molecule has 0 saturated heterocycles. The summed E-state index contributed by atoms with van der Waals surface area (Å²) < 4.78 is 5.04. The molecule has 4 nitrogen and oxygen atoms in total. The van der Waals surface area contributed by atoms with Crippen molar-refractivity contribution in [1.82, 2.24) is 9.97 Å². The molecule has 0 aliphatic carbocycles. The SMILES string of the molecule is O=C(OCc1ccccn1)c1cc(Cl)c[nH]1. The lowest BCUT2D eigenvalue weighted by Crippen LogP contribution is -2.06. The van der Waals surface area contributed by atoms with Crippen LogP contribution >= 0.6 is 11.6 Å².